The lowest BCUT2D eigenvalue weighted by Crippen LogP contribution is -2.38. The van der Waals surface area contributed by atoms with Crippen LogP contribution in [0.1, 0.15) is 25.5 Å². The SMILES string of the molecule is CC1(C)C=CNC1C(O)c1ccc(F)cc1. The van der Waals surface area contributed by atoms with Crippen molar-refractivity contribution in [2.75, 3.05) is 0 Å². The molecular weight excluding hydrogens is 205 g/mol. The van der Waals surface area contributed by atoms with E-state index in [0.717, 1.165) is 5.56 Å². The summed E-state index contributed by atoms with van der Waals surface area (Å²) in [5.74, 6) is -0.285. The van der Waals surface area contributed by atoms with Gasteiger partial charge in [0.05, 0.1) is 12.1 Å². The first-order valence-corrected chi connectivity index (χ1v) is 5.38. The molecule has 16 heavy (non-hydrogen) atoms. The Hall–Kier alpha value is -1.35. The van der Waals surface area contributed by atoms with Crippen LogP contribution in [-0.4, -0.2) is 11.1 Å². The Morgan fingerprint density at radius 1 is 1.31 bits per heavy atom. The van der Waals surface area contributed by atoms with Crippen molar-refractivity contribution in [3.05, 3.63) is 47.9 Å². The van der Waals surface area contributed by atoms with Crippen LogP contribution in [0.5, 0.6) is 0 Å². The van der Waals surface area contributed by atoms with E-state index in [4.69, 9.17) is 0 Å². The molecule has 1 aromatic carbocycles. The molecule has 0 saturated heterocycles. The molecule has 0 bridgehead atoms. The maximum atomic E-state index is 12.8. The van der Waals surface area contributed by atoms with Gasteiger partial charge in [-0.1, -0.05) is 32.1 Å². The summed E-state index contributed by atoms with van der Waals surface area (Å²) in [5, 5.41) is 13.4. The second kappa shape index (κ2) is 3.91. The highest BCUT2D eigenvalue weighted by Crippen LogP contribution is 2.34. The fourth-order valence-electron chi connectivity index (χ4n) is 2.04. The zero-order valence-corrected chi connectivity index (χ0v) is 9.44. The Bertz CT molecular complexity index is 397. The van der Waals surface area contributed by atoms with Gasteiger partial charge in [0.2, 0.25) is 0 Å². The van der Waals surface area contributed by atoms with Crippen LogP contribution < -0.4 is 5.32 Å². The summed E-state index contributed by atoms with van der Waals surface area (Å²) in [4.78, 5) is 0. The number of halogens is 1. The van der Waals surface area contributed by atoms with E-state index in [1.807, 2.05) is 12.3 Å². The number of benzene rings is 1. The second-order valence-corrected chi connectivity index (χ2v) is 4.80. The molecule has 1 aromatic rings. The van der Waals surface area contributed by atoms with E-state index >= 15 is 0 Å². The quantitative estimate of drug-likeness (QED) is 0.803. The summed E-state index contributed by atoms with van der Waals surface area (Å²) < 4.78 is 12.8. The smallest absolute Gasteiger partial charge is 0.123 e. The minimum absolute atomic E-state index is 0.0713. The maximum absolute atomic E-state index is 12.8. The van der Waals surface area contributed by atoms with Crippen molar-refractivity contribution in [1.29, 1.82) is 0 Å². The van der Waals surface area contributed by atoms with Crippen LogP contribution >= 0.6 is 0 Å². The van der Waals surface area contributed by atoms with Crippen molar-refractivity contribution in [3.8, 4) is 0 Å². The number of hydrogen-bond acceptors (Lipinski definition) is 2. The van der Waals surface area contributed by atoms with E-state index < -0.39 is 6.10 Å². The van der Waals surface area contributed by atoms with Gasteiger partial charge in [0.1, 0.15) is 5.82 Å². The third kappa shape index (κ3) is 1.95. The molecular formula is C13H16FNO. The van der Waals surface area contributed by atoms with Gasteiger partial charge in [-0.3, -0.25) is 0 Å². The molecule has 0 saturated carbocycles. The highest BCUT2D eigenvalue weighted by Gasteiger charge is 2.36. The number of aliphatic hydroxyl groups excluding tert-OH is 1. The molecule has 2 N–H and O–H groups in total. The zero-order valence-electron chi connectivity index (χ0n) is 9.44. The summed E-state index contributed by atoms with van der Waals surface area (Å²) in [7, 11) is 0. The Morgan fingerprint density at radius 2 is 1.94 bits per heavy atom. The average molecular weight is 221 g/mol. The monoisotopic (exact) mass is 221 g/mol. The number of aliphatic hydroxyl groups is 1. The fourth-order valence-corrected chi connectivity index (χ4v) is 2.04. The molecule has 1 aliphatic rings. The van der Waals surface area contributed by atoms with E-state index in [1.54, 1.807) is 12.1 Å². The topological polar surface area (TPSA) is 32.3 Å². The van der Waals surface area contributed by atoms with Gasteiger partial charge in [0.25, 0.3) is 0 Å². The van der Waals surface area contributed by atoms with Crippen molar-refractivity contribution >= 4 is 0 Å². The number of rotatable bonds is 2. The van der Waals surface area contributed by atoms with Crippen molar-refractivity contribution in [1.82, 2.24) is 5.32 Å². The summed E-state index contributed by atoms with van der Waals surface area (Å²) in [5.41, 5.74) is 0.629. The zero-order chi connectivity index (χ0) is 11.8. The first-order chi connectivity index (χ1) is 7.50. The summed E-state index contributed by atoms with van der Waals surface area (Å²) in [6, 6.07) is 5.91. The maximum Gasteiger partial charge on any atom is 0.123 e. The Balaban J connectivity index is 2.20. The molecule has 2 nitrogen and oxygen atoms in total. The van der Waals surface area contributed by atoms with Crippen molar-refractivity contribution in [3.63, 3.8) is 0 Å². The van der Waals surface area contributed by atoms with Gasteiger partial charge in [-0.25, -0.2) is 4.39 Å². The number of nitrogens with one attached hydrogen (secondary N) is 1. The molecule has 0 fully saturated rings. The van der Waals surface area contributed by atoms with Crippen LogP contribution in [0.2, 0.25) is 0 Å². The van der Waals surface area contributed by atoms with Gasteiger partial charge in [0.15, 0.2) is 0 Å². The summed E-state index contributed by atoms with van der Waals surface area (Å²) in [6.07, 6.45) is 3.26. The molecule has 0 aliphatic carbocycles. The van der Waals surface area contributed by atoms with Crippen molar-refractivity contribution < 1.29 is 9.50 Å². The van der Waals surface area contributed by atoms with Crippen LogP contribution in [0.3, 0.4) is 0 Å². The van der Waals surface area contributed by atoms with Crippen LogP contribution in [0.4, 0.5) is 4.39 Å². The molecule has 0 radical (unpaired) electrons. The first kappa shape index (κ1) is 11.1. The third-order valence-corrected chi connectivity index (χ3v) is 3.12. The standard InChI is InChI=1S/C13H16FNO/c1-13(2)7-8-15-12(13)11(16)9-3-5-10(14)6-4-9/h3-8,11-12,15-16H,1-2H3. The lowest BCUT2D eigenvalue weighted by molar-refractivity contribution is 0.0976. The van der Waals surface area contributed by atoms with Gasteiger partial charge >= 0.3 is 0 Å². The van der Waals surface area contributed by atoms with Gasteiger partial charge in [0, 0.05) is 5.41 Å². The molecule has 1 aliphatic heterocycles. The Labute approximate surface area is 94.8 Å². The van der Waals surface area contributed by atoms with Gasteiger partial charge in [-0.2, -0.15) is 0 Å². The minimum atomic E-state index is -0.634. The molecule has 1 heterocycles. The predicted octanol–water partition coefficient (Wildman–Crippen LogP) is 2.37. The lowest BCUT2D eigenvalue weighted by Gasteiger charge is -2.30. The molecule has 2 rings (SSSR count). The third-order valence-electron chi connectivity index (χ3n) is 3.12. The highest BCUT2D eigenvalue weighted by atomic mass is 19.1. The predicted molar refractivity (Wildman–Crippen MR) is 61.2 cm³/mol. The Kier molecular flexibility index (Phi) is 2.72. The molecule has 2 atom stereocenters. The highest BCUT2D eigenvalue weighted by molar-refractivity contribution is 5.23. The van der Waals surface area contributed by atoms with Crippen LogP contribution in [-0.2, 0) is 0 Å². The summed E-state index contributed by atoms with van der Waals surface area (Å²) in [6.45, 7) is 4.11. The van der Waals surface area contributed by atoms with Crippen LogP contribution in [0, 0.1) is 11.2 Å². The van der Waals surface area contributed by atoms with E-state index in [-0.39, 0.29) is 17.3 Å². The first-order valence-electron chi connectivity index (χ1n) is 5.38. The van der Waals surface area contributed by atoms with E-state index in [2.05, 4.69) is 19.2 Å². The molecule has 0 spiro atoms. The average Bonchev–Trinajstić information content (AvgIpc) is 2.58. The van der Waals surface area contributed by atoms with Gasteiger partial charge in [-0.15, -0.1) is 0 Å². The number of hydrogen-bond donors (Lipinski definition) is 2. The lowest BCUT2D eigenvalue weighted by atomic mass is 9.81. The van der Waals surface area contributed by atoms with Crippen LogP contribution in [0.25, 0.3) is 0 Å². The molecule has 0 aromatic heterocycles. The van der Waals surface area contributed by atoms with Crippen molar-refractivity contribution in [2.24, 2.45) is 5.41 Å². The minimum Gasteiger partial charge on any atom is -0.386 e. The van der Waals surface area contributed by atoms with Gasteiger partial charge in [-0.05, 0) is 23.9 Å². The molecule has 86 valence electrons. The van der Waals surface area contributed by atoms with Gasteiger partial charge < -0.3 is 10.4 Å². The molecule has 3 heteroatoms. The normalized spacial score (nSPS) is 24.1. The fraction of sp³-hybridized carbons (Fsp3) is 0.385. The van der Waals surface area contributed by atoms with Crippen LogP contribution in [0.15, 0.2) is 36.5 Å². The van der Waals surface area contributed by atoms with Crippen molar-refractivity contribution in [2.45, 2.75) is 26.0 Å². The molecule has 0 amide bonds. The Morgan fingerprint density at radius 3 is 2.44 bits per heavy atom. The molecule has 2 unspecified atom stereocenters. The summed E-state index contributed by atoms with van der Waals surface area (Å²) >= 11 is 0. The van der Waals surface area contributed by atoms with E-state index in [9.17, 15) is 9.50 Å². The van der Waals surface area contributed by atoms with E-state index in [0.29, 0.717) is 0 Å². The second-order valence-electron chi connectivity index (χ2n) is 4.80. The van der Waals surface area contributed by atoms with E-state index in [1.165, 1.54) is 12.1 Å². The largest absolute Gasteiger partial charge is 0.386 e.